The molecule has 0 aliphatic heterocycles. The van der Waals surface area contributed by atoms with Gasteiger partial charge in [0.25, 0.3) is 0 Å². The maximum absolute atomic E-state index is 12.0. The van der Waals surface area contributed by atoms with Crippen LogP contribution in [0.3, 0.4) is 0 Å². The van der Waals surface area contributed by atoms with Gasteiger partial charge in [0.15, 0.2) is 0 Å². The molecule has 0 saturated carbocycles. The van der Waals surface area contributed by atoms with Crippen LogP contribution in [0.25, 0.3) is 0 Å². The number of esters is 2. The van der Waals surface area contributed by atoms with Crippen molar-refractivity contribution in [2.45, 2.75) is 39.5 Å². The lowest BCUT2D eigenvalue weighted by Gasteiger charge is -2.09. The zero-order valence-corrected chi connectivity index (χ0v) is 12.1. The number of rotatable bonds is 8. The van der Waals surface area contributed by atoms with Crippen molar-refractivity contribution in [2.75, 3.05) is 13.2 Å². The molecule has 4 nitrogen and oxygen atoms in total. The highest BCUT2D eigenvalue weighted by Crippen LogP contribution is 2.12. The first-order chi connectivity index (χ1) is 10.1. The first kappa shape index (κ1) is 14.6. The highest BCUT2D eigenvalue weighted by molar-refractivity contribution is 6.03. The molecule has 1 aromatic carbocycles. The predicted molar refractivity (Wildman–Crippen MR) is 76.8 cm³/mol. The zero-order valence-electron chi connectivity index (χ0n) is 13.1. The maximum atomic E-state index is 12.0. The van der Waals surface area contributed by atoms with Crippen LogP contribution in [0.1, 0.15) is 61.6 Å². The second kappa shape index (κ2) is 9.13. The second-order valence-corrected chi connectivity index (χ2v) is 4.44. The van der Waals surface area contributed by atoms with Crippen molar-refractivity contribution in [3.05, 3.63) is 35.4 Å². The van der Waals surface area contributed by atoms with Crippen LogP contribution in [0, 0.1) is 0 Å². The molecule has 0 unspecified atom stereocenters. The van der Waals surface area contributed by atoms with E-state index in [4.69, 9.17) is 10.8 Å². The summed E-state index contributed by atoms with van der Waals surface area (Å²) < 4.78 is 18.0. The van der Waals surface area contributed by atoms with E-state index in [1.807, 2.05) is 13.8 Å². The summed E-state index contributed by atoms with van der Waals surface area (Å²) in [7, 11) is 0. The minimum absolute atomic E-state index is 0.0184. The van der Waals surface area contributed by atoms with Gasteiger partial charge < -0.3 is 9.47 Å². The fourth-order valence-corrected chi connectivity index (χ4v) is 1.54. The molecule has 0 fully saturated rings. The summed E-state index contributed by atoms with van der Waals surface area (Å²) in [5.41, 5.74) is 0.0789. The van der Waals surface area contributed by atoms with Crippen molar-refractivity contribution in [1.29, 1.82) is 0 Å². The van der Waals surface area contributed by atoms with Gasteiger partial charge in [-0.15, -0.1) is 0 Å². The Morgan fingerprint density at radius 3 is 2.10 bits per heavy atom. The van der Waals surface area contributed by atoms with E-state index in [1.165, 1.54) is 12.1 Å². The molecule has 0 saturated heterocycles. The van der Waals surface area contributed by atoms with Crippen molar-refractivity contribution < 1.29 is 20.4 Å². The Bertz CT molecular complexity index is 485. The summed E-state index contributed by atoms with van der Waals surface area (Å²) >= 11 is 0. The summed E-state index contributed by atoms with van der Waals surface area (Å²) in [6, 6.07) is 4.48. The van der Waals surface area contributed by atoms with E-state index in [2.05, 4.69) is 0 Å². The standard InChI is InChI=1S/C16H22O4/c1-3-5-11-19-15(17)13-9-7-8-10-14(13)16(18)20-12-6-4-2/h7-10H,3-6,11-12H2,1-2H3/i9D. The topological polar surface area (TPSA) is 52.6 Å². The average molecular weight is 279 g/mol. The van der Waals surface area contributed by atoms with Crippen LogP contribution in [0.2, 0.25) is 0 Å². The Labute approximate surface area is 121 Å². The summed E-state index contributed by atoms with van der Waals surface area (Å²) in [6.07, 6.45) is 3.34. The van der Waals surface area contributed by atoms with Crippen LogP contribution in [-0.2, 0) is 9.47 Å². The van der Waals surface area contributed by atoms with E-state index >= 15 is 0 Å². The van der Waals surface area contributed by atoms with Crippen LogP contribution >= 0.6 is 0 Å². The number of benzene rings is 1. The SMILES string of the molecule is [2H]c1cccc(C(=O)OCCCC)c1C(=O)OCCCC. The molecular formula is C16H22O4. The average Bonchev–Trinajstić information content (AvgIpc) is 2.47. The molecule has 0 aromatic heterocycles. The third-order valence-corrected chi connectivity index (χ3v) is 2.74. The number of hydrogen-bond acceptors (Lipinski definition) is 4. The molecule has 110 valence electrons. The van der Waals surface area contributed by atoms with Gasteiger partial charge in [0, 0.05) is 0 Å². The van der Waals surface area contributed by atoms with Gasteiger partial charge >= 0.3 is 11.9 Å². The lowest BCUT2D eigenvalue weighted by Crippen LogP contribution is -2.14. The first-order valence-corrected chi connectivity index (χ1v) is 7.05. The Hall–Kier alpha value is -1.84. The van der Waals surface area contributed by atoms with Gasteiger partial charge in [-0.3, -0.25) is 0 Å². The number of carbonyl (C=O) groups excluding carboxylic acids is 2. The third kappa shape index (κ3) is 5.03. The van der Waals surface area contributed by atoms with E-state index in [0.717, 1.165) is 25.7 Å². The molecule has 0 N–H and O–H groups in total. The minimum atomic E-state index is -0.642. The smallest absolute Gasteiger partial charge is 0.339 e. The highest BCUT2D eigenvalue weighted by Gasteiger charge is 2.18. The Balaban J connectivity index is 2.86. The lowest BCUT2D eigenvalue weighted by atomic mass is 10.1. The van der Waals surface area contributed by atoms with Gasteiger partial charge in [-0.05, 0) is 25.0 Å². The Kier molecular flexibility index (Phi) is 6.65. The fourth-order valence-electron chi connectivity index (χ4n) is 1.54. The molecule has 0 spiro atoms. The first-order valence-electron chi connectivity index (χ1n) is 7.55. The molecule has 0 bridgehead atoms. The Morgan fingerprint density at radius 1 is 1.00 bits per heavy atom. The van der Waals surface area contributed by atoms with E-state index in [1.54, 1.807) is 6.07 Å². The van der Waals surface area contributed by atoms with Crippen molar-refractivity contribution in [2.24, 2.45) is 0 Å². The van der Waals surface area contributed by atoms with Gasteiger partial charge in [-0.1, -0.05) is 38.8 Å². The van der Waals surface area contributed by atoms with Crippen LogP contribution in [0.4, 0.5) is 0 Å². The number of ether oxygens (including phenoxy) is 2. The van der Waals surface area contributed by atoms with Gasteiger partial charge in [0.05, 0.1) is 25.7 Å². The molecule has 0 aliphatic carbocycles. The molecule has 0 radical (unpaired) electrons. The molecule has 0 amide bonds. The summed E-state index contributed by atoms with van der Waals surface area (Å²) in [5.74, 6) is -1.23. The van der Waals surface area contributed by atoms with Gasteiger partial charge in [-0.25, -0.2) is 9.59 Å². The highest BCUT2D eigenvalue weighted by atomic mass is 16.5. The lowest BCUT2D eigenvalue weighted by molar-refractivity contribution is 0.0452. The minimum Gasteiger partial charge on any atom is -0.462 e. The normalized spacial score (nSPS) is 10.8. The predicted octanol–water partition coefficient (Wildman–Crippen LogP) is 3.60. The van der Waals surface area contributed by atoms with Crippen LogP contribution in [0.15, 0.2) is 24.2 Å². The van der Waals surface area contributed by atoms with Gasteiger partial charge in [0.2, 0.25) is 0 Å². The van der Waals surface area contributed by atoms with E-state index < -0.39 is 11.9 Å². The van der Waals surface area contributed by atoms with Gasteiger partial charge in [0.1, 0.15) is 0 Å². The summed E-state index contributed by atoms with van der Waals surface area (Å²) in [5, 5.41) is 0. The molecule has 0 atom stereocenters. The fraction of sp³-hybridized carbons (Fsp3) is 0.500. The molecule has 0 aliphatic rings. The second-order valence-electron chi connectivity index (χ2n) is 4.44. The van der Waals surface area contributed by atoms with Crippen LogP contribution in [0.5, 0.6) is 0 Å². The number of carbonyl (C=O) groups is 2. The van der Waals surface area contributed by atoms with Crippen LogP contribution < -0.4 is 0 Å². The molecule has 0 heterocycles. The van der Waals surface area contributed by atoms with E-state index in [-0.39, 0.29) is 23.8 Å². The van der Waals surface area contributed by atoms with Gasteiger partial charge in [-0.2, -0.15) is 0 Å². The maximum Gasteiger partial charge on any atom is 0.339 e. The van der Waals surface area contributed by atoms with E-state index in [0.29, 0.717) is 6.61 Å². The third-order valence-electron chi connectivity index (χ3n) is 2.74. The number of unbranched alkanes of at least 4 members (excludes halogenated alkanes) is 2. The number of hydrogen-bond donors (Lipinski definition) is 0. The molecule has 4 heteroatoms. The largest absolute Gasteiger partial charge is 0.462 e. The molecule has 1 rings (SSSR count). The quantitative estimate of drug-likeness (QED) is 0.539. The van der Waals surface area contributed by atoms with Crippen molar-refractivity contribution in [3.63, 3.8) is 0 Å². The zero-order chi connectivity index (χ0) is 15.7. The molecule has 1 aromatic rings. The van der Waals surface area contributed by atoms with Crippen molar-refractivity contribution in [3.8, 4) is 0 Å². The Morgan fingerprint density at radius 2 is 1.55 bits per heavy atom. The van der Waals surface area contributed by atoms with Crippen molar-refractivity contribution in [1.82, 2.24) is 0 Å². The molecule has 20 heavy (non-hydrogen) atoms. The van der Waals surface area contributed by atoms with Crippen LogP contribution in [-0.4, -0.2) is 25.2 Å². The van der Waals surface area contributed by atoms with E-state index in [9.17, 15) is 9.59 Å². The summed E-state index contributed by atoms with van der Waals surface area (Å²) in [4.78, 5) is 24.1. The molecular weight excluding hydrogens is 256 g/mol. The summed E-state index contributed by atoms with van der Waals surface area (Å²) in [6.45, 7) is 4.58. The van der Waals surface area contributed by atoms with Crippen molar-refractivity contribution >= 4 is 11.9 Å². The monoisotopic (exact) mass is 279 g/mol.